The lowest BCUT2D eigenvalue weighted by Crippen LogP contribution is -2.35. The summed E-state index contributed by atoms with van der Waals surface area (Å²) < 4.78 is 5.82. The molecule has 9 nitrogen and oxygen atoms in total. The molecule has 1 aromatic heterocycles. The number of nitrogens with zero attached hydrogens (tertiary/aromatic N) is 7. The fourth-order valence-corrected chi connectivity index (χ4v) is 4.90. The molecule has 2 aromatic rings. The van der Waals surface area contributed by atoms with Gasteiger partial charge in [-0.05, 0) is 63.8 Å². The summed E-state index contributed by atoms with van der Waals surface area (Å²) in [5.74, 6) is 1.21. The van der Waals surface area contributed by atoms with Gasteiger partial charge in [0.1, 0.15) is 17.3 Å². The number of aryl methyl sites for hydroxylation is 2. The molecule has 0 spiro atoms. The van der Waals surface area contributed by atoms with Crippen molar-refractivity contribution in [1.29, 1.82) is 0 Å². The highest BCUT2D eigenvalue weighted by molar-refractivity contribution is 5.78. The average molecular weight is 585 g/mol. The number of hydrogen-bond acceptors (Lipinski definition) is 5. The average Bonchev–Trinajstić information content (AvgIpc) is 3.31. The Bertz CT molecular complexity index is 1070. The number of unbranched alkanes of at least 4 members (excludes halogenated alkanes) is 2. The van der Waals surface area contributed by atoms with Gasteiger partial charge in [-0.2, -0.15) is 0 Å². The summed E-state index contributed by atoms with van der Waals surface area (Å²) in [7, 11) is 13.1. The SMILES string of the molecule is CCN(CC)c1ccc(N=Nc2n(CCC(=O)CCCC[N+](C)(C)C)cc[n+]2CCC(=O)CCCC[N+](C)(C)C)cc1. The molecular formula is C33H58N7O2+3. The Kier molecular flexibility index (Phi) is 14.5. The van der Waals surface area contributed by atoms with Crippen LogP contribution in [0.1, 0.15) is 65.2 Å². The Hall–Kier alpha value is -2.91. The van der Waals surface area contributed by atoms with Crippen LogP contribution >= 0.6 is 0 Å². The van der Waals surface area contributed by atoms with Crippen molar-refractivity contribution in [3.8, 4) is 0 Å². The normalized spacial score (nSPS) is 12.3. The lowest BCUT2D eigenvalue weighted by atomic mass is 10.1. The third-order valence-corrected chi connectivity index (χ3v) is 7.51. The number of aromatic nitrogens is 2. The highest BCUT2D eigenvalue weighted by atomic mass is 16.1. The summed E-state index contributed by atoms with van der Waals surface area (Å²) in [4.78, 5) is 27.6. The van der Waals surface area contributed by atoms with Gasteiger partial charge in [-0.1, -0.05) is 5.11 Å². The molecule has 0 aliphatic carbocycles. The first-order chi connectivity index (χ1) is 19.8. The number of carbonyl (C=O) groups excluding carboxylic acids is 2. The van der Waals surface area contributed by atoms with Gasteiger partial charge in [0.25, 0.3) is 0 Å². The van der Waals surface area contributed by atoms with Crippen LogP contribution in [0.3, 0.4) is 0 Å². The number of rotatable bonds is 21. The van der Waals surface area contributed by atoms with Gasteiger partial charge in [-0.15, -0.1) is 0 Å². The van der Waals surface area contributed by atoms with Crippen molar-refractivity contribution in [3.05, 3.63) is 36.7 Å². The van der Waals surface area contributed by atoms with Crippen molar-refractivity contribution in [1.82, 2.24) is 4.57 Å². The highest BCUT2D eigenvalue weighted by Crippen LogP contribution is 2.22. The van der Waals surface area contributed by atoms with E-state index in [1.165, 1.54) is 0 Å². The van der Waals surface area contributed by atoms with E-state index in [4.69, 9.17) is 0 Å². The molecule has 234 valence electrons. The molecule has 0 N–H and O–H groups in total. The van der Waals surface area contributed by atoms with Crippen LogP contribution in [0.2, 0.25) is 0 Å². The van der Waals surface area contributed by atoms with Crippen LogP contribution in [0.5, 0.6) is 0 Å². The minimum absolute atomic E-state index is 0.274. The Labute approximate surface area is 255 Å². The number of anilines is 1. The lowest BCUT2D eigenvalue weighted by molar-refractivity contribution is -0.870. The third kappa shape index (κ3) is 13.8. The molecule has 0 saturated carbocycles. The molecule has 0 aliphatic rings. The molecule has 9 heteroatoms. The van der Waals surface area contributed by atoms with E-state index in [9.17, 15) is 9.59 Å². The van der Waals surface area contributed by atoms with E-state index < -0.39 is 0 Å². The maximum atomic E-state index is 12.6. The second kappa shape index (κ2) is 17.3. The van der Waals surface area contributed by atoms with Crippen molar-refractivity contribution >= 4 is 28.9 Å². The van der Waals surface area contributed by atoms with Crippen LogP contribution < -0.4 is 9.47 Å². The Morgan fingerprint density at radius 2 is 1.31 bits per heavy atom. The molecule has 0 radical (unpaired) electrons. The third-order valence-electron chi connectivity index (χ3n) is 7.51. The van der Waals surface area contributed by atoms with Crippen LogP contribution in [0, 0.1) is 0 Å². The number of hydrogen-bond donors (Lipinski definition) is 0. The van der Waals surface area contributed by atoms with Crippen molar-refractivity contribution in [2.75, 3.05) is 73.4 Å². The molecule has 2 rings (SSSR count). The van der Waals surface area contributed by atoms with Gasteiger partial charge < -0.3 is 13.9 Å². The van der Waals surface area contributed by atoms with Gasteiger partial charge in [0.2, 0.25) is 0 Å². The zero-order valence-corrected chi connectivity index (χ0v) is 27.8. The summed E-state index contributed by atoms with van der Waals surface area (Å²) in [5.41, 5.74) is 1.93. The summed E-state index contributed by atoms with van der Waals surface area (Å²) >= 11 is 0. The molecule has 0 unspecified atom stereocenters. The van der Waals surface area contributed by atoms with E-state index in [2.05, 4.69) is 83.4 Å². The molecular weight excluding hydrogens is 526 g/mol. The van der Waals surface area contributed by atoms with E-state index in [1.807, 2.05) is 33.7 Å². The maximum absolute atomic E-state index is 12.6. The first kappa shape index (κ1) is 35.3. The van der Waals surface area contributed by atoms with Crippen LogP contribution in [0.25, 0.3) is 0 Å². The van der Waals surface area contributed by atoms with Crippen molar-refractivity contribution in [3.63, 3.8) is 0 Å². The van der Waals surface area contributed by atoms with E-state index in [-0.39, 0.29) is 11.6 Å². The molecule has 42 heavy (non-hydrogen) atoms. The molecule has 0 aliphatic heterocycles. The first-order valence-electron chi connectivity index (χ1n) is 15.8. The molecule has 1 heterocycles. The number of azo groups is 1. The number of carbonyl (C=O) groups is 2. The van der Waals surface area contributed by atoms with Gasteiger partial charge >= 0.3 is 5.95 Å². The zero-order valence-electron chi connectivity index (χ0n) is 27.8. The fourth-order valence-electron chi connectivity index (χ4n) is 4.90. The summed E-state index contributed by atoms with van der Waals surface area (Å²) in [6.07, 6.45) is 10.0. The number of Topliss-reactive ketones (excluding diaryl/α,β-unsaturated/α-hetero) is 2. The molecule has 0 saturated heterocycles. The molecule has 0 amide bonds. The summed E-state index contributed by atoms with van der Waals surface area (Å²) in [5, 5.41) is 9.16. The number of imidazole rings is 1. The second-order valence-corrected chi connectivity index (χ2v) is 13.4. The van der Waals surface area contributed by atoms with Crippen LogP contribution in [-0.4, -0.2) is 93.6 Å². The predicted octanol–water partition coefficient (Wildman–Crippen LogP) is 5.71. The van der Waals surface area contributed by atoms with Gasteiger partial charge in [-0.3, -0.25) is 9.59 Å². The van der Waals surface area contributed by atoms with E-state index in [0.29, 0.717) is 44.7 Å². The predicted molar refractivity (Wildman–Crippen MR) is 172 cm³/mol. The lowest BCUT2D eigenvalue weighted by Gasteiger charge is -2.23. The molecule has 0 fully saturated rings. The minimum Gasteiger partial charge on any atom is -0.372 e. The number of quaternary nitrogens is 2. The monoisotopic (exact) mass is 584 g/mol. The standard InChI is InChI=1S/C33H58N7O2/c1-9-36(10-2)30-19-17-29(18-20-30)34-35-33-37(23-21-31(41)15-11-13-27-39(3,4)5)25-26-38(33)24-22-32(42)16-12-14-28-40(6,7)8/h17-20,25-26H,9-16,21-24,27-28H2,1-8H3/q+3. The largest absolute Gasteiger partial charge is 0.421 e. The van der Waals surface area contributed by atoms with Gasteiger partial charge in [-0.25, -0.2) is 9.13 Å². The van der Waals surface area contributed by atoms with Gasteiger partial charge in [0.05, 0.1) is 80.9 Å². The van der Waals surface area contributed by atoms with E-state index >= 15 is 0 Å². The Morgan fingerprint density at radius 1 is 0.762 bits per heavy atom. The smallest absolute Gasteiger partial charge is 0.372 e. The van der Waals surface area contributed by atoms with Crippen molar-refractivity contribution < 1.29 is 23.1 Å². The van der Waals surface area contributed by atoms with E-state index in [0.717, 1.165) is 72.2 Å². The van der Waals surface area contributed by atoms with E-state index in [1.54, 1.807) is 0 Å². The fraction of sp³-hybridized carbons (Fsp3) is 0.667. The maximum Gasteiger partial charge on any atom is 0.421 e. The highest BCUT2D eigenvalue weighted by Gasteiger charge is 2.19. The Balaban J connectivity index is 2.07. The Morgan fingerprint density at radius 3 is 1.83 bits per heavy atom. The van der Waals surface area contributed by atoms with Crippen LogP contribution in [-0.2, 0) is 22.7 Å². The molecule has 1 aromatic carbocycles. The van der Waals surface area contributed by atoms with Crippen LogP contribution in [0.15, 0.2) is 46.9 Å². The summed E-state index contributed by atoms with van der Waals surface area (Å²) in [6, 6.07) is 8.11. The van der Waals surface area contributed by atoms with Crippen LogP contribution in [0.4, 0.5) is 17.3 Å². The second-order valence-electron chi connectivity index (χ2n) is 13.4. The van der Waals surface area contributed by atoms with Crippen molar-refractivity contribution in [2.45, 2.75) is 78.3 Å². The number of ketones is 2. The zero-order chi connectivity index (χ0) is 31.2. The topological polar surface area (TPSA) is 70.9 Å². The molecule has 0 bridgehead atoms. The van der Waals surface area contributed by atoms with Gasteiger partial charge in [0.15, 0.2) is 0 Å². The summed E-state index contributed by atoms with van der Waals surface area (Å²) in [6.45, 7) is 9.44. The van der Waals surface area contributed by atoms with Gasteiger partial charge in [0, 0.05) is 49.6 Å². The molecule has 0 atom stereocenters. The quantitative estimate of drug-likeness (QED) is 0.0817. The minimum atomic E-state index is 0.274. The number of benzene rings is 1. The first-order valence-corrected chi connectivity index (χ1v) is 15.8. The van der Waals surface area contributed by atoms with Crippen molar-refractivity contribution in [2.24, 2.45) is 10.2 Å².